The largest absolute Gasteiger partial charge is 0.507 e. The first-order valence-electron chi connectivity index (χ1n) is 16.0. The predicted molar refractivity (Wildman–Crippen MR) is 200 cm³/mol. The minimum absolute atomic E-state index is 0.212. The van der Waals surface area contributed by atoms with Crippen LogP contribution in [-0.2, 0) is 0 Å². The zero-order chi connectivity index (χ0) is 33.1. The highest BCUT2D eigenvalue weighted by molar-refractivity contribution is 6.11. The van der Waals surface area contributed by atoms with Gasteiger partial charge in [-0.15, -0.1) is 0 Å². The van der Waals surface area contributed by atoms with E-state index in [0.29, 0.717) is 11.4 Å². The maximum atomic E-state index is 11.1. The van der Waals surface area contributed by atoms with E-state index >= 15 is 0 Å². The SMILES string of the molecule is [C-]#[N+]c1ccc(-c2ccc(-c3cc(-n4c5ccccc5c5ccccc54)ccc3O)cc2)c(-n2c3ccccc3c3cc([N+]#[C-])ccc32)c1. The molecule has 5 nitrogen and oxygen atoms in total. The van der Waals surface area contributed by atoms with Gasteiger partial charge in [0.2, 0.25) is 0 Å². The van der Waals surface area contributed by atoms with Gasteiger partial charge in [0.25, 0.3) is 0 Å². The van der Waals surface area contributed by atoms with E-state index in [-0.39, 0.29) is 5.75 Å². The standard InChI is InChI=1S/C44H26N4O/c1-45-30-20-23-42-38(25-30)36-11-5-8-14-41(36)48(42)43-26-31(46-2)19-22-33(43)28-15-17-29(18-16-28)37-27-32(21-24-44(37)49)47-39-12-6-3-9-34(39)35-10-4-7-13-40(35)47/h3-27,49H. The number of hydrogen-bond donors (Lipinski definition) is 1. The van der Waals surface area contributed by atoms with Gasteiger partial charge >= 0.3 is 0 Å². The number of phenolic OH excluding ortho intramolecular Hbond substituents is 1. The van der Waals surface area contributed by atoms with Crippen LogP contribution in [0.15, 0.2) is 152 Å². The third-order valence-electron chi connectivity index (χ3n) is 9.46. The number of phenols is 1. The summed E-state index contributed by atoms with van der Waals surface area (Å²) in [6.07, 6.45) is 0. The van der Waals surface area contributed by atoms with Crippen molar-refractivity contribution in [2.75, 3.05) is 0 Å². The van der Waals surface area contributed by atoms with Gasteiger partial charge in [-0.25, -0.2) is 9.69 Å². The molecule has 0 saturated carbocycles. The summed E-state index contributed by atoms with van der Waals surface area (Å²) in [7, 11) is 0. The lowest BCUT2D eigenvalue weighted by Gasteiger charge is -2.16. The molecule has 0 saturated heterocycles. The Labute approximate surface area is 282 Å². The van der Waals surface area contributed by atoms with Crippen molar-refractivity contribution in [1.82, 2.24) is 9.13 Å². The number of fused-ring (bicyclic) bond motifs is 6. The second-order valence-electron chi connectivity index (χ2n) is 12.1. The van der Waals surface area contributed by atoms with E-state index in [0.717, 1.165) is 66.5 Å². The first-order chi connectivity index (χ1) is 24.1. The molecule has 0 unspecified atom stereocenters. The number of benzene rings is 7. The van der Waals surface area contributed by atoms with Crippen molar-refractivity contribution in [2.24, 2.45) is 0 Å². The average Bonchev–Trinajstić information content (AvgIpc) is 3.67. The van der Waals surface area contributed by atoms with E-state index in [1.165, 1.54) is 10.8 Å². The van der Waals surface area contributed by atoms with Gasteiger partial charge in [0, 0.05) is 38.7 Å². The highest BCUT2D eigenvalue weighted by Gasteiger charge is 2.18. The third-order valence-corrected chi connectivity index (χ3v) is 9.46. The summed E-state index contributed by atoms with van der Waals surface area (Å²) in [6.45, 7) is 15.3. The van der Waals surface area contributed by atoms with Crippen LogP contribution in [0.4, 0.5) is 11.4 Å². The van der Waals surface area contributed by atoms with Gasteiger partial charge in [-0.1, -0.05) is 97.1 Å². The summed E-state index contributed by atoms with van der Waals surface area (Å²) in [6, 6.07) is 50.6. The summed E-state index contributed by atoms with van der Waals surface area (Å²) in [5.74, 6) is 0.212. The van der Waals surface area contributed by atoms with Crippen molar-refractivity contribution in [3.05, 3.63) is 174 Å². The van der Waals surface area contributed by atoms with Crippen LogP contribution in [0.1, 0.15) is 0 Å². The van der Waals surface area contributed by atoms with Crippen LogP contribution in [0, 0.1) is 13.1 Å². The minimum atomic E-state index is 0.212. The fraction of sp³-hybridized carbons (Fsp3) is 0. The van der Waals surface area contributed by atoms with Gasteiger partial charge in [0.05, 0.1) is 35.2 Å². The number of rotatable bonds is 4. The van der Waals surface area contributed by atoms with Gasteiger partial charge < -0.3 is 14.2 Å². The monoisotopic (exact) mass is 626 g/mol. The zero-order valence-corrected chi connectivity index (χ0v) is 26.2. The Hall–Kier alpha value is -7.08. The molecule has 0 atom stereocenters. The van der Waals surface area contributed by atoms with Crippen LogP contribution in [0.2, 0.25) is 0 Å². The van der Waals surface area contributed by atoms with Crippen LogP contribution in [0.3, 0.4) is 0 Å². The number of aromatic nitrogens is 2. The van der Waals surface area contributed by atoms with E-state index in [2.05, 4.69) is 97.7 Å². The number of hydrogen-bond acceptors (Lipinski definition) is 1. The molecule has 0 aliphatic rings. The molecule has 0 aliphatic carbocycles. The number of aromatic hydroxyl groups is 1. The van der Waals surface area contributed by atoms with Crippen LogP contribution in [0.5, 0.6) is 5.75 Å². The zero-order valence-electron chi connectivity index (χ0n) is 26.2. The molecular formula is C44H26N4O. The Morgan fingerprint density at radius 1 is 0.429 bits per heavy atom. The molecule has 0 bridgehead atoms. The summed E-state index contributed by atoms with van der Waals surface area (Å²) >= 11 is 0. The Kier molecular flexibility index (Phi) is 6.34. The fourth-order valence-corrected chi connectivity index (χ4v) is 7.23. The van der Waals surface area contributed by atoms with E-state index < -0.39 is 0 Å². The molecule has 9 aromatic rings. The molecule has 49 heavy (non-hydrogen) atoms. The van der Waals surface area contributed by atoms with Gasteiger partial charge in [-0.2, -0.15) is 0 Å². The summed E-state index contributed by atoms with van der Waals surface area (Å²) in [4.78, 5) is 7.43. The topological polar surface area (TPSA) is 38.8 Å². The second-order valence-corrected chi connectivity index (χ2v) is 12.1. The molecule has 7 aromatic carbocycles. The molecule has 0 radical (unpaired) electrons. The minimum Gasteiger partial charge on any atom is -0.507 e. The lowest BCUT2D eigenvalue weighted by Crippen LogP contribution is -1.97. The predicted octanol–water partition coefficient (Wildman–Crippen LogP) is 12.0. The Morgan fingerprint density at radius 3 is 1.57 bits per heavy atom. The van der Waals surface area contributed by atoms with Gasteiger partial charge in [0.1, 0.15) is 5.75 Å². The molecule has 0 spiro atoms. The third kappa shape index (κ3) is 4.38. The van der Waals surface area contributed by atoms with Crippen LogP contribution in [-0.4, -0.2) is 14.2 Å². The highest BCUT2D eigenvalue weighted by Crippen LogP contribution is 2.41. The molecule has 228 valence electrons. The Bertz CT molecular complexity index is 2810. The van der Waals surface area contributed by atoms with Crippen molar-refractivity contribution in [1.29, 1.82) is 0 Å². The number of nitrogens with zero attached hydrogens (tertiary/aromatic N) is 4. The molecule has 1 N–H and O–H groups in total. The van der Waals surface area contributed by atoms with Gasteiger partial charge in [-0.3, -0.25) is 0 Å². The summed E-state index contributed by atoms with van der Waals surface area (Å²) in [5.41, 5.74) is 10.8. The molecule has 0 aliphatic heterocycles. The van der Waals surface area contributed by atoms with Gasteiger partial charge in [0.15, 0.2) is 11.4 Å². The maximum Gasteiger partial charge on any atom is 0.189 e. The van der Waals surface area contributed by atoms with Crippen LogP contribution in [0.25, 0.3) is 86.9 Å². The Balaban J connectivity index is 1.18. The lowest BCUT2D eigenvalue weighted by atomic mass is 9.98. The summed E-state index contributed by atoms with van der Waals surface area (Å²) in [5, 5.41) is 15.5. The van der Waals surface area contributed by atoms with Crippen molar-refractivity contribution in [2.45, 2.75) is 0 Å². The maximum absolute atomic E-state index is 11.1. The van der Waals surface area contributed by atoms with Crippen molar-refractivity contribution in [3.8, 4) is 39.4 Å². The lowest BCUT2D eigenvalue weighted by molar-refractivity contribution is 0.477. The average molecular weight is 627 g/mol. The van der Waals surface area contributed by atoms with E-state index in [1.807, 2.05) is 66.7 Å². The smallest absolute Gasteiger partial charge is 0.189 e. The quantitative estimate of drug-likeness (QED) is 0.194. The molecular weight excluding hydrogens is 601 g/mol. The van der Waals surface area contributed by atoms with Crippen molar-refractivity contribution in [3.63, 3.8) is 0 Å². The van der Waals surface area contributed by atoms with Crippen molar-refractivity contribution < 1.29 is 5.11 Å². The Morgan fingerprint density at radius 2 is 0.939 bits per heavy atom. The second kappa shape index (κ2) is 11.0. The molecule has 5 heteroatoms. The van der Waals surface area contributed by atoms with Crippen LogP contribution >= 0.6 is 0 Å². The molecule has 0 amide bonds. The summed E-state index contributed by atoms with van der Waals surface area (Å²) < 4.78 is 4.44. The van der Waals surface area contributed by atoms with E-state index in [1.54, 1.807) is 6.07 Å². The normalized spacial score (nSPS) is 11.3. The highest BCUT2D eigenvalue weighted by atomic mass is 16.3. The first kappa shape index (κ1) is 28.2. The van der Waals surface area contributed by atoms with E-state index in [4.69, 9.17) is 13.1 Å². The molecule has 0 fully saturated rings. The number of para-hydroxylation sites is 3. The first-order valence-corrected chi connectivity index (χ1v) is 16.0. The molecule has 2 heterocycles. The van der Waals surface area contributed by atoms with Gasteiger partial charge in [-0.05, 0) is 71.1 Å². The molecule has 9 rings (SSSR count). The molecule has 2 aromatic heterocycles. The van der Waals surface area contributed by atoms with Crippen molar-refractivity contribution >= 4 is 55.0 Å². The van der Waals surface area contributed by atoms with Crippen LogP contribution < -0.4 is 0 Å². The van der Waals surface area contributed by atoms with E-state index in [9.17, 15) is 5.11 Å². The fourth-order valence-electron chi connectivity index (χ4n) is 7.23.